The quantitative estimate of drug-likeness (QED) is 0.0290. The Morgan fingerprint density at radius 3 is 1.00 bits per heavy atom. The maximum atomic E-state index is 15.2. The summed E-state index contributed by atoms with van der Waals surface area (Å²) in [7, 11) is 3.31. The van der Waals surface area contributed by atoms with Crippen molar-refractivity contribution in [3.63, 3.8) is 0 Å². The van der Waals surface area contributed by atoms with Crippen molar-refractivity contribution >= 4 is 173 Å². The summed E-state index contributed by atoms with van der Waals surface area (Å²) in [4.78, 5) is 311. The van der Waals surface area contributed by atoms with Crippen LogP contribution in [0.1, 0.15) is 156 Å². The van der Waals surface area contributed by atoms with Gasteiger partial charge in [0.2, 0.25) is 130 Å². The molecule has 138 heavy (non-hydrogen) atoms. The zero-order chi connectivity index (χ0) is 103. The molecule has 0 saturated carbocycles. The fourth-order valence-corrected chi connectivity index (χ4v) is 19.2. The Labute approximate surface area is 813 Å². The fraction of sp³-hybridized carbons (Fsp3) is 0.605. The SMILES string of the molecule is CC[C@H](C)[C@@H]1NC(=O)[C@H](Cc2ccc(O)cc2)NC(=O)[C@@H](N)CSSC[C@@H](C(=O)N2CCC[C@H]2C(=O)N[C@@H](CC(C)C)C(=O)NCC(N)=O)NC(=O)[C@H](CC(N)=O)NC(=O)[C@H](CCC(N)=O)NC(=O)[C@H]([C@@H](C)CC)NC(=O)[C@H](Cc2ccc(O)cc2)NC(=O)[C@@H](N)CSSC[C@@H](C(=O)N2CCC[C@H]2C(=O)N[C@@H](CC(C)C)C(=O)NCC(N)=O)NC(=O)[C@H](CC(N)=O)NC(=O)[C@H](CCC(N)=O)NC1=O. The number of nitrogens with two attached hydrogens (primary N) is 8. The molecule has 764 valence electrons. The molecule has 0 bridgehead atoms. The van der Waals surface area contributed by atoms with Gasteiger partial charge in [0.1, 0.15) is 96.1 Å². The molecule has 0 aliphatic carbocycles. The summed E-state index contributed by atoms with van der Waals surface area (Å²) >= 11 is 0. The summed E-state index contributed by atoms with van der Waals surface area (Å²) in [5, 5.41) is 55.7. The van der Waals surface area contributed by atoms with E-state index < -0.39 is 302 Å². The predicted octanol–water partition coefficient (Wildman–Crippen LogP) is -7.22. The molecule has 2 aromatic carbocycles. The average molecular weight is 2010 g/mol. The molecule has 3 aliphatic rings. The van der Waals surface area contributed by atoms with E-state index in [1.807, 2.05) is 0 Å². The second-order valence-electron chi connectivity index (χ2n) is 34.8. The van der Waals surface area contributed by atoms with Crippen molar-refractivity contribution in [3.8, 4) is 11.5 Å². The van der Waals surface area contributed by atoms with E-state index in [1.165, 1.54) is 62.4 Å². The zero-order valence-electron chi connectivity index (χ0n) is 78.2. The number of aromatic hydroxyl groups is 2. The minimum absolute atomic E-state index is 0.00372. The van der Waals surface area contributed by atoms with Gasteiger partial charge >= 0.3 is 0 Å². The van der Waals surface area contributed by atoms with Crippen molar-refractivity contribution in [1.29, 1.82) is 0 Å². The highest BCUT2D eigenvalue weighted by Gasteiger charge is 2.45. The van der Waals surface area contributed by atoms with E-state index in [1.54, 1.807) is 41.5 Å². The molecule has 3 saturated heterocycles. The molecule has 0 spiro atoms. The van der Waals surface area contributed by atoms with Gasteiger partial charge in [0, 0.05) is 61.8 Å². The van der Waals surface area contributed by atoms with E-state index in [9.17, 15) is 106 Å². The van der Waals surface area contributed by atoms with E-state index in [0.29, 0.717) is 11.1 Å². The van der Waals surface area contributed by atoms with Gasteiger partial charge in [-0.15, -0.1) is 0 Å². The number of rotatable bonds is 34. The third-order valence-electron chi connectivity index (χ3n) is 22.6. The third kappa shape index (κ3) is 39.3. The number of phenolic OH excluding ortho intramolecular Hbond substituents is 2. The van der Waals surface area contributed by atoms with Gasteiger partial charge in [-0.3, -0.25) is 105 Å². The number of nitrogens with one attached hydrogen (secondary N) is 14. The third-order valence-corrected chi connectivity index (χ3v) is 27.5. The first kappa shape index (κ1) is 116. The Hall–Kier alpha value is -12.3. The number of benzene rings is 2. The smallest absolute Gasteiger partial charge is 0.246 e. The number of carbonyl (C=O) groups excluding carboxylic acids is 22. The van der Waals surface area contributed by atoms with Gasteiger partial charge in [-0.05, 0) is 110 Å². The number of carbonyl (C=O) groups is 22. The topological polar surface area (TPSA) is 799 Å². The van der Waals surface area contributed by atoms with Gasteiger partial charge in [-0.25, -0.2) is 0 Å². The zero-order valence-corrected chi connectivity index (χ0v) is 81.4. The Balaban J connectivity index is 1.68. The molecule has 2 aromatic rings. The van der Waals surface area contributed by atoms with Crippen LogP contribution in [0.15, 0.2) is 48.5 Å². The Bertz CT molecular complexity index is 4380. The van der Waals surface area contributed by atoms with Crippen LogP contribution < -0.4 is 120 Å². The summed E-state index contributed by atoms with van der Waals surface area (Å²) in [5.41, 5.74) is 47.0. The van der Waals surface area contributed by atoms with E-state index in [2.05, 4.69) is 74.4 Å². The predicted molar refractivity (Wildman–Crippen MR) is 509 cm³/mol. The van der Waals surface area contributed by atoms with Gasteiger partial charge in [0.25, 0.3) is 0 Å². The maximum Gasteiger partial charge on any atom is 0.246 e. The van der Waals surface area contributed by atoms with Gasteiger partial charge in [-0.1, -0.05) is 136 Å². The van der Waals surface area contributed by atoms with Crippen molar-refractivity contribution in [3.05, 3.63) is 59.7 Å². The number of likely N-dealkylation sites (tertiary alicyclic amines) is 2. The Kier molecular flexibility index (Phi) is 48.7. The van der Waals surface area contributed by atoms with Crippen LogP contribution in [-0.4, -0.2) is 296 Å². The minimum Gasteiger partial charge on any atom is -0.508 e. The number of primary amides is 6. The number of hydrogen-bond donors (Lipinski definition) is 24. The van der Waals surface area contributed by atoms with Crippen molar-refractivity contribution in [2.24, 2.45) is 69.5 Å². The van der Waals surface area contributed by atoms with Gasteiger partial charge in [0.15, 0.2) is 0 Å². The lowest BCUT2D eigenvalue weighted by molar-refractivity contribution is -0.142. The van der Waals surface area contributed by atoms with E-state index in [-0.39, 0.29) is 112 Å². The molecular weight excluding hydrogens is 1880 g/mol. The lowest BCUT2D eigenvalue weighted by Crippen LogP contribution is -2.61. The second kappa shape index (κ2) is 57.8. The van der Waals surface area contributed by atoms with Crippen LogP contribution in [0.25, 0.3) is 0 Å². The monoisotopic (exact) mass is 2010 g/mol. The molecule has 18 atom stereocenters. The normalized spacial score (nSPS) is 24.3. The molecule has 32 N–H and O–H groups in total. The molecule has 3 heterocycles. The fourth-order valence-electron chi connectivity index (χ4n) is 14.7. The first-order valence-corrected chi connectivity index (χ1v) is 50.1. The van der Waals surface area contributed by atoms with E-state index in [0.717, 1.165) is 53.0 Å². The van der Waals surface area contributed by atoms with Gasteiger partial charge in [-0.2, -0.15) is 0 Å². The summed E-state index contributed by atoms with van der Waals surface area (Å²) in [6, 6.07) is -15.4. The van der Waals surface area contributed by atoms with E-state index >= 15 is 9.59 Å². The van der Waals surface area contributed by atoms with Crippen molar-refractivity contribution < 1.29 is 116 Å². The van der Waals surface area contributed by atoms with Crippen LogP contribution >= 0.6 is 43.2 Å². The summed E-state index contributed by atoms with van der Waals surface area (Å²) in [6.07, 6.45) is -4.51. The summed E-state index contributed by atoms with van der Waals surface area (Å²) < 4.78 is 0. The van der Waals surface area contributed by atoms with Crippen LogP contribution in [0.2, 0.25) is 0 Å². The highest BCUT2D eigenvalue weighted by atomic mass is 33.1. The minimum atomic E-state index is -2.04. The highest BCUT2D eigenvalue weighted by molar-refractivity contribution is 8.77. The Morgan fingerprint density at radius 2 is 0.696 bits per heavy atom. The van der Waals surface area contributed by atoms with Crippen LogP contribution in [0.5, 0.6) is 11.5 Å². The lowest BCUT2D eigenvalue weighted by atomic mass is 9.96. The molecule has 0 aromatic heterocycles. The molecule has 22 amide bonds. The molecule has 0 unspecified atom stereocenters. The van der Waals surface area contributed by atoms with Crippen molar-refractivity contribution in [1.82, 2.24) is 84.2 Å². The van der Waals surface area contributed by atoms with Gasteiger partial charge in [0.05, 0.1) is 38.0 Å². The van der Waals surface area contributed by atoms with Crippen LogP contribution in [0.3, 0.4) is 0 Å². The maximum absolute atomic E-state index is 15.2. The highest BCUT2D eigenvalue weighted by Crippen LogP contribution is 2.29. The van der Waals surface area contributed by atoms with E-state index in [4.69, 9.17) is 45.9 Å². The first-order valence-electron chi connectivity index (χ1n) is 45.1. The van der Waals surface area contributed by atoms with Gasteiger partial charge < -0.3 is 140 Å². The Morgan fingerprint density at radius 1 is 0.391 bits per heavy atom. The van der Waals surface area contributed by atoms with Crippen LogP contribution in [-0.2, 0) is 118 Å². The largest absolute Gasteiger partial charge is 0.508 e. The van der Waals surface area contributed by atoms with Crippen LogP contribution in [0, 0.1) is 23.7 Å². The summed E-state index contributed by atoms with van der Waals surface area (Å²) in [6.45, 7) is 11.9. The molecule has 52 heteroatoms. The number of nitrogens with zero attached hydrogens (tertiary/aromatic N) is 2. The standard InChI is InChI=1S/C86H132N24O24S4/c1-9-43(7)69-83(131)97-51(23-25-63(89)113)75(123)101-57(33-65(91)115)77(125)105-59(85(133)109-27-11-13-61(109)81(129)103-53(29-41(3)4)73(121)95-35-67(93)117)39-138-136-38-50(88)72(120)100-56(32-46-17-21-48(112)22-18-46)80(128)108-70(44(8)10-2)84(132)98-52(24-26-64(90)114)76(124)102-58(34-66(92)116)78(126)106-60(40-137-135-37-49(87)71(119)99-55(79(127)107-69)31-45-15-19-47(111)20-16-45)86(134)110-28-12-14-62(110)82(130)104-54(30-42(5)6)74(122)96-36-68(94)118/h15-22,41-44,49-62,69-70,111-112H,9-14,23-40,87-88H2,1-8H3,(H2,89,113)(H2,90,114)(H2,91,115)(H2,92,116)(H2,93,117)(H2,94,118)(H,95,121)(H,96,122)(H,97,131)(H,98,132)(H,99,119)(H,100,120)(H,101,123)(H,102,124)(H,103,129)(H,104,130)(H,105,125)(H,106,126)(H,107,127)(H,108,128)/t43-,44-,49-,50-,51-,52-,53-,54-,55-,56-,57-,58-,59-,60-,61-,62-,69-,70-/m0/s1. The number of amides is 22. The molecule has 3 fully saturated rings. The molecule has 0 radical (unpaired) electrons. The lowest BCUT2D eigenvalue weighted by Gasteiger charge is -2.31. The molecule has 48 nitrogen and oxygen atoms in total. The first-order chi connectivity index (χ1) is 65.0. The number of phenols is 2. The van der Waals surface area contributed by atoms with Crippen LogP contribution in [0.4, 0.5) is 0 Å². The molecular formula is C86H132N24O24S4. The average Bonchev–Trinajstić information content (AvgIpc) is 1.68. The summed E-state index contributed by atoms with van der Waals surface area (Å²) in [5.74, 6) is -26.9. The van der Waals surface area contributed by atoms with Crippen molar-refractivity contribution in [2.45, 2.75) is 255 Å². The second-order valence-corrected chi connectivity index (χ2v) is 39.9. The van der Waals surface area contributed by atoms with Crippen molar-refractivity contribution in [2.75, 3.05) is 49.2 Å². The number of hydrogen-bond acceptors (Lipinski definition) is 30. The molecule has 3 aliphatic heterocycles. The molecule has 5 rings (SSSR count).